The molecule has 4 amide bonds. The van der Waals surface area contributed by atoms with Gasteiger partial charge in [0, 0.05) is 0 Å². The lowest BCUT2D eigenvalue weighted by Gasteiger charge is -2.16. The van der Waals surface area contributed by atoms with Crippen molar-refractivity contribution in [1.82, 2.24) is 10.6 Å². The Bertz CT molecular complexity index is 939. The molecule has 0 aliphatic carbocycles. The number of para-hydroxylation sites is 1. The number of nitro benzene ring substituents is 1. The molecule has 0 radical (unpaired) electrons. The molecule has 0 spiro atoms. The van der Waals surface area contributed by atoms with Gasteiger partial charge in [-0.25, -0.2) is 4.79 Å². The number of amides is 4. The van der Waals surface area contributed by atoms with Gasteiger partial charge in [-0.05, 0) is 24.3 Å². The first-order valence-electron chi connectivity index (χ1n) is 7.52. The average Bonchev–Trinajstić information content (AvgIpc) is 2.62. The Balaban J connectivity index is 1.85. The van der Waals surface area contributed by atoms with Crippen LogP contribution in [0, 0.1) is 10.1 Å². The lowest BCUT2D eigenvalue weighted by Crippen LogP contribution is -2.57. The molecule has 1 aliphatic rings. The van der Waals surface area contributed by atoms with Crippen LogP contribution in [0.2, 0.25) is 0 Å². The van der Waals surface area contributed by atoms with Gasteiger partial charge in [0.1, 0.15) is 11.5 Å². The molecule has 0 atom stereocenters. The summed E-state index contributed by atoms with van der Waals surface area (Å²) in [5, 5.41) is 22.1. The van der Waals surface area contributed by atoms with Gasteiger partial charge >= 0.3 is 6.03 Å². The largest absolute Gasteiger partial charge is 0.457 e. The van der Waals surface area contributed by atoms with Gasteiger partial charge in [-0.15, -0.1) is 5.11 Å². The molecule has 1 heterocycles. The van der Waals surface area contributed by atoms with E-state index in [0.717, 1.165) is 6.07 Å². The predicted octanol–water partition coefficient (Wildman–Crippen LogP) is 2.21. The van der Waals surface area contributed by atoms with Crippen LogP contribution in [0.5, 0.6) is 11.5 Å². The number of rotatable bonds is 5. The minimum absolute atomic E-state index is 0.182. The van der Waals surface area contributed by atoms with E-state index in [9.17, 15) is 24.5 Å². The number of imide groups is 2. The quantitative estimate of drug-likeness (QED) is 0.357. The van der Waals surface area contributed by atoms with Crippen LogP contribution < -0.4 is 15.4 Å². The van der Waals surface area contributed by atoms with E-state index >= 15 is 0 Å². The zero-order valence-electron chi connectivity index (χ0n) is 13.5. The number of carbonyl (C=O) groups excluding carboxylic acids is 3. The normalized spacial score (nSPS) is 14.7. The SMILES string of the molecule is O=C1NC(=O)C(N=Nc2ccc(Oc3ccccc3)cc2[N+](=O)[O-])C(=O)N1. The van der Waals surface area contributed by atoms with E-state index in [0.29, 0.717) is 5.75 Å². The van der Waals surface area contributed by atoms with Gasteiger partial charge in [-0.2, -0.15) is 5.11 Å². The van der Waals surface area contributed by atoms with Gasteiger partial charge in [0.15, 0.2) is 5.69 Å². The number of nitro groups is 1. The number of hydrogen-bond donors (Lipinski definition) is 2. The van der Waals surface area contributed by atoms with Crippen molar-refractivity contribution in [2.75, 3.05) is 0 Å². The average molecular weight is 369 g/mol. The molecule has 3 rings (SSSR count). The first-order valence-corrected chi connectivity index (χ1v) is 7.52. The Labute approximate surface area is 151 Å². The summed E-state index contributed by atoms with van der Waals surface area (Å²) in [6.45, 7) is 0. The molecular formula is C16H11N5O6. The Morgan fingerprint density at radius 2 is 1.63 bits per heavy atom. The molecular weight excluding hydrogens is 358 g/mol. The minimum Gasteiger partial charge on any atom is -0.457 e. The molecule has 2 N–H and O–H groups in total. The first kappa shape index (κ1) is 17.7. The van der Waals surface area contributed by atoms with Crippen LogP contribution in [-0.4, -0.2) is 28.8 Å². The molecule has 27 heavy (non-hydrogen) atoms. The maximum atomic E-state index is 11.6. The smallest absolute Gasteiger partial charge is 0.328 e. The molecule has 0 saturated carbocycles. The van der Waals surface area contributed by atoms with Gasteiger partial charge < -0.3 is 4.74 Å². The van der Waals surface area contributed by atoms with Crippen LogP contribution in [-0.2, 0) is 9.59 Å². The standard InChI is InChI=1S/C16H11N5O6/c22-14-13(15(23)18-16(24)17-14)20-19-11-7-6-10(8-12(11)21(25)26)27-9-4-2-1-3-5-9/h1-8,13H,(H2,17,18,22,23,24). The van der Waals surface area contributed by atoms with E-state index in [1.54, 1.807) is 30.3 Å². The number of azo groups is 1. The summed E-state index contributed by atoms with van der Waals surface area (Å²) in [6, 6.07) is 9.90. The Hall–Kier alpha value is -4.15. The van der Waals surface area contributed by atoms with Crippen molar-refractivity contribution in [3.63, 3.8) is 0 Å². The third-order valence-corrected chi connectivity index (χ3v) is 3.37. The van der Waals surface area contributed by atoms with Crippen molar-refractivity contribution in [2.45, 2.75) is 6.04 Å². The van der Waals surface area contributed by atoms with Crippen molar-refractivity contribution in [1.29, 1.82) is 0 Å². The third-order valence-electron chi connectivity index (χ3n) is 3.37. The summed E-state index contributed by atoms with van der Waals surface area (Å²) >= 11 is 0. The third kappa shape index (κ3) is 4.10. The fourth-order valence-electron chi connectivity index (χ4n) is 2.16. The first-order chi connectivity index (χ1) is 12.9. The molecule has 1 aliphatic heterocycles. The second-order valence-corrected chi connectivity index (χ2v) is 5.25. The maximum Gasteiger partial charge on any atom is 0.328 e. The Kier molecular flexibility index (Phi) is 4.84. The minimum atomic E-state index is -1.62. The number of ether oxygens (including phenoxy) is 1. The molecule has 0 aromatic heterocycles. The molecule has 11 nitrogen and oxygen atoms in total. The van der Waals surface area contributed by atoms with Crippen LogP contribution in [0.15, 0.2) is 58.8 Å². The molecule has 136 valence electrons. The molecule has 1 saturated heterocycles. The van der Waals surface area contributed by atoms with E-state index in [2.05, 4.69) is 10.2 Å². The van der Waals surface area contributed by atoms with Crippen LogP contribution in [0.4, 0.5) is 16.2 Å². The number of carbonyl (C=O) groups is 3. The lowest BCUT2D eigenvalue weighted by atomic mass is 10.2. The summed E-state index contributed by atoms with van der Waals surface area (Å²) in [7, 11) is 0. The number of hydrogen-bond acceptors (Lipinski definition) is 8. The summed E-state index contributed by atoms with van der Waals surface area (Å²) in [6.07, 6.45) is 0. The van der Waals surface area contributed by atoms with Crippen LogP contribution >= 0.6 is 0 Å². The van der Waals surface area contributed by atoms with Crippen molar-refractivity contribution < 1.29 is 24.0 Å². The summed E-state index contributed by atoms with van der Waals surface area (Å²) in [4.78, 5) is 44.8. The Morgan fingerprint density at radius 1 is 0.963 bits per heavy atom. The van der Waals surface area contributed by atoms with Gasteiger partial charge in [-0.3, -0.25) is 30.3 Å². The van der Waals surface area contributed by atoms with E-state index < -0.39 is 34.5 Å². The topological polar surface area (TPSA) is 152 Å². The van der Waals surface area contributed by atoms with Crippen molar-refractivity contribution in [3.8, 4) is 11.5 Å². The van der Waals surface area contributed by atoms with Crippen molar-refractivity contribution in [2.24, 2.45) is 10.2 Å². The highest BCUT2D eigenvalue weighted by Gasteiger charge is 2.34. The highest BCUT2D eigenvalue weighted by Crippen LogP contribution is 2.33. The van der Waals surface area contributed by atoms with Crippen LogP contribution in [0.1, 0.15) is 0 Å². The zero-order chi connectivity index (χ0) is 19.4. The number of nitrogens with zero attached hydrogens (tertiary/aromatic N) is 3. The van der Waals surface area contributed by atoms with E-state index in [4.69, 9.17) is 4.74 Å². The summed E-state index contributed by atoms with van der Waals surface area (Å²) in [5.74, 6) is -1.26. The number of urea groups is 1. The van der Waals surface area contributed by atoms with E-state index in [1.165, 1.54) is 12.1 Å². The molecule has 2 aromatic rings. The van der Waals surface area contributed by atoms with Gasteiger partial charge in [0.05, 0.1) is 11.0 Å². The summed E-state index contributed by atoms with van der Waals surface area (Å²) < 4.78 is 5.52. The van der Waals surface area contributed by atoms with E-state index in [-0.39, 0.29) is 11.4 Å². The van der Waals surface area contributed by atoms with Crippen molar-refractivity contribution >= 4 is 29.2 Å². The predicted molar refractivity (Wildman–Crippen MR) is 89.6 cm³/mol. The van der Waals surface area contributed by atoms with Crippen molar-refractivity contribution in [3.05, 3.63) is 58.6 Å². The second-order valence-electron chi connectivity index (χ2n) is 5.25. The fourth-order valence-corrected chi connectivity index (χ4v) is 2.16. The monoisotopic (exact) mass is 369 g/mol. The number of benzene rings is 2. The highest BCUT2D eigenvalue weighted by molar-refractivity contribution is 6.18. The molecule has 2 aromatic carbocycles. The molecule has 11 heteroatoms. The molecule has 0 bridgehead atoms. The number of barbiturate groups is 1. The van der Waals surface area contributed by atoms with Crippen LogP contribution in [0.3, 0.4) is 0 Å². The molecule has 1 fully saturated rings. The van der Waals surface area contributed by atoms with Gasteiger partial charge in [0.2, 0.25) is 6.04 Å². The fraction of sp³-hybridized carbons (Fsp3) is 0.0625. The zero-order valence-corrected chi connectivity index (χ0v) is 13.5. The molecule has 0 unspecified atom stereocenters. The van der Waals surface area contributed by atoms with Gasteiger partial charge in [-0.1, -0.05) is 18.2 Å². The van der Waals surface area contributed by atoms with Gasteiger partial charge in [0.25, 0.3) is 17.5 Å². The second kappa shape index (κ2) is 7.39. The van der Waals surface area contributed by atoms with E-state index in [1.807, 2.05) is 10.6 Å². The Morgan fingerprint density at radius 3 is 2.26 bits per heavy atom. The maximum absolute atomic E-state index is 11.6. The van der Waals surface area contributed by atoms with Crippen LogP contribution in [0.25, 0.3) is 0 Å². The highest BCUT2D eigenvalue weighted by atomic mass is 16.6. The lowest BCUT2D eigenvalue weighted by molar-refractivity contribution is -0.384. The summed E-state index contributed by atoms with van der Waals surface area (Å²) in [5.41, 5.74) is -0.613. The number of nitrogens with one attached hydrogen (secondary N) is 2.